The monoisotopic (exact) mass is 258 g/mol. The van der Waals surface area contributed by atoms with Crippen LogP contribution >= 0.6 is 11.3 Å². The van der Waals surface area contributed by atoms with Crippen LogP contribution in [0.5, 0.6) is 0 Å². The number of thiophene rings is 1. The SMILES string of the molecule is NCC#Cc1ccsc1C(=O)Nc1cncnc1. The van der Waals surface area contributed by atoms with Crippen LogP contribution in [0.4, 0.5) is 5.69 Å². The molecule has 6 heteroatoms. The summed E-state index contributed by atoms with van der Waals surface area (Å²) in [7, 11) is 0. The van der Waals surface area contributed by atoms with Crippen molar-refractivity contribution in [3.8, 4) is 11.8 Å². The van der Waals surface area contributed by atoms with Crippen molar-refractivity contribution in [3.05, 3.63) is 40.6 Å². The van der Waals surface area contributed by atoms with E-state index in [1.807, 2.05) is 5.38 Å². The number of nitrogens with one attached hydrogen (secondary N) is 1. The maximum absolute atomic E-state index is 12.0. The Morgan fingerprint density at radius 2 is 2.22 bits per heavy atom. The summed E-state index contributed by atoms with van der Waals surface area (Å²) in [6.07, 6.45) is 4.46. The van der Waals surface area contributed by atoms with Gasteiger partial charge in [0.15, 0.2) is 0 Å². The Morgan fingerprint density at radius 1 is 1.44 bits per heavy atom. The van der Waals surface area contributed by atoms with E-state index in [-0.39, 0.29) is 12.5 Å². The second kappa shape index (κ2) is 5.91. The molecule has 0 fully saturated rings. The summed E-state index contributed by atoms with van der Waals surface area (Å²) in [6.45, 7) is 0.267. The number of carbonyl (C=O) groups excluding carboxylic acids is 1. The Hall–Kier alpha value is -2.23. The molecule has 2 rings (SSSR count). The van der Waals surface area contributed by atoms with E-state index >= 15 is 0 Å². The zero-order valence-electron chi connectivity index (χ0n) is 9.38. The molecule has 0 saturated carbocycles. The third-order valence-corrected chi connectivity index (χ3v) is 2.93. The topological polar surface area (TPSA) is 80.9 Å². The highest BCUT2D eigenvalue weighted by Crippen LogP contribution is 2.17. The molecule has 90 valence electrons. The molecule has 2 heterocycles. The fourth-order valence-corrected chi connectivity index (χ4v) is 2.03. The predicted molar refractivity (Wildman–Crippen MR) is 70.2 cm³/mol. The summed E-state index contributed by atoms with van der Waals surface area (Å²) in [5, 5.41) is 4.52. The maximum atomic E-state index is 12.0. The van der Waals surface area contributed by atoms with Crippen LogP contribution in [-0.4, -0.2) is 22.4 Å². The largest absolute Gasteiger partial charge is 0.320 e. The minimum absolute atomic E-state index is 0.221. The number of anilines is 1. The molecular formula is C12H10N4OS. The van der Waals surface area contributed by atoms with Gasteiger partial charge >= 0.3 is 0 Å². The lowest BCUT2D eigenvalue weighted by molar-refractivity contribution is 0.103. The van der Waals surface area contributed by atoms with E-state index in [0.717, 1.165) is 0 Å². The van der Waals surface area contributed by atoms with Crippen molar-refractivity contribution in [2.24, 2.45) is 5.73 Å². The molecule has 5 nitrogen and oxygen atoms in total. The Bertz CT molecular complexity index is 597. The summed E-state index contributed by atoms with van der Waals surface area (Å²) in [4.78, 5) is 20.2. The Kier molecular flexibility index (Phi) is 4.02. The number of nitrogens with zero attached hydrogens (tertiary/aromatic N) is 2. The number of carbonyl (C=O) groups is 1. The first-order valence-electron chi connectivity index (χ1n) is 5.14. The molecule has 0 unspecified atom stereocenters. The average Bonchev–Trinajstić information content (AvgIpc) is 2.86. The summed E-state index contributed by atoms with van der Waals surface area (Å²) < 4.78 is 0. The highest BCUT2D eigenvalue weighted by atomic mass is 32.1. The second-order valence-corrected chi connectivity index (χ2v) is 4.17. The second-order valence-electron chi connectivity index (χ2n) is 3.25. The number of amides is 1. The van der Waals surface area contributed by atoms with Crippen LogP contribution in [0, 0.1) is 11.8 Å². The van der Waals surface area contributed by atoms with E-state index in [9.17, 15) is 4.79 Å². The van der Waals surface area contributed by atoms with E-state index in [0.29, 0.717) is 16.1 Å². The fraction of sp³-hybridized carbons (Fsp3) is 0.0833. The first-order chi connectivity index (χ1) is 8.81. The fourth-order valence-electron chi connectivity index (χ4n) is 1.28. The summed E-state index contributed by atoms with van der Waals surface area (Å²) >= 11 is 1.33. The molecule has 0 aliphatic heterocycles. The van der Waals surface area contributed by atoms with Crippen molar-refractivity contribution in [1.82, 2.24) is 9.97 Å². The lowest BCUT2D eigenvalue weighted by Crippen LogP contribution is -2.11. The molecule has 0 bridgehead atoms. The van der Waals surface area contributed by atoms with Gasteiger partial charge in [0.2, 0.25) is 0 Å². The quantitative estimate of drug-likeness (QED) is 0.790. The van der Waals surface area contributed by atoms with Gasteiger partial charge in [0.05, 0.1) is 24.6 Å². The Labute approximate surface area is 108 Å². The van der Waals surface area contributed by atoms with Gasteiger partial charge in [-0.05, 0) is 11.4 Å². The van der Waals surface area contributed by atoms with Gasteiger partial charge in [-0.1, -0.05) is 11.8 Å². The summed E-state index contributed by atoms with van der Waals surface area (Å²) in [6, 6.07) is 1.80. The molecule has 0 aromatic carbocycles. The van der Waals surface area contributed by atoms with Crippen LogP contribution in [0.25, 0.3) is 0 Å². The summed E-state index contributed by atoms with van der Waals surface area (Å²) in [5.74, 6) is 5.37. The van der Waals surface area contributed by atoms with E-state index < -0.39 is 0 Å². The molecule has 0 saturated heterocycles. The van der Waals surface area contributed by atoms with E-state index in [1.54, 1.807) is 6.07 Å². The molecule has 0 spiro atoms. The van der Waals surface area contributed by atoms with Gasteiger partial charge in [-0.25, -0.2) is 9.97 Å². The zero-order chi connectivity index (χ0) is 12.8. The molecule has 18 heavy (non-hydrogen) atoms. The van der Waals surface area contributed by atoms with Gasteiger partial charge in [0.25, 0.3) is 5.91 Å². The number of nitrogens with two attached hydrogens (primary N) is 1. The van der Waals surface area contributed by atoms with Crippen molar-refractivity contribution >= 4 is 22.9 Å². The molecule has 2 aromatic rings. The number of hydrogen-bond donors (Lipinski definition) is 2. The number of hydrogen-bond acceptors (Lipinski definition) is 5. The van der Waals surface area contributed by atoms with E-state index in [4.69, 9.17) is 5.73 Å². The minimum atomic E-state index is -0.221. The zero-order valence-corrected chi connectivity index (χ0v) is 10.2. The molecule has 0 radical (unpaired) electrons. The standard InChI is InChI=1S/C12H10N4OS/c13-4-1-2-9-3-5-18-11(9)12(17)16-10-6-14-8-15-7-10/h3,5-8H,4,13H2,(H,16,17). The van der Waals surface area contributed by atoms with Crippen molar-refractivity contribution in [2.45, 2.75) is 0 Å². The molecule has 1 amide bonds. The van der Waals surface area contributed by atoms with Crippen LogP contribution in [0.1, 0.15) is 15.2 Å². The summed E-state index contributed by atoms with van der Waals surface area (Å²) in [5.41, 5.74) is 6.54. The number of rotatable bonds is 2. The normalized spacial score (nSPS) is 9.39. The van der Waals surface area contributed by atoms with Gasteiger partial charge in [-0.15, -0.1) is 11.3 Å². The van der Waals surface area contributed by atoms with Gasteiger partial charge in [-0.2, -0.15) is 0 Å². The molecule has 0 aliphatic carbocycles. The van der Waals surface area contributed by atoms with Crippen molar-refractivity contribution in [1.29, 1.82) is 0 Å². The molecular weight excluding hydrogens is 248 g/mol. The third kappa shape index (κ3) is 2.91. The Balaban J connectivity index is 2.17. The van der Waals surface area contributed by atoms with Crippen LogP contribution < -0.4 is 11.1 Å². The van der Waals surface area contributed by atoms with Gasteiger partial charge in [0.1, 0.15) is 11.2 Å². The lowest BCUT2D eigenvalue weighted by atomic mass is 10.2. The van der Waals surface area contributed by atoms with Crippen molar-refractivity contribution < 1.29 is 4.79 Å². The third-order valence-electron chi connectivity index (χ3n) is 2.02. The lowest BCUT2D eigenvalue weighted by Gasteiger charge is -2.02. The smallest absolute Gasteiger partial charge is 0.267 e. The highest BCUT2D eigenvalue weighted by molar-refractivity contribution is 7.12. The predicted octanol–water partition coefficient (Wildman–Crippen LogP) is 1.10. The van der Waals surface area contributed by atoms with Gasteiger partial charge in [0, 0.05) is 5.56 Å². The average molecular weight is 258 g/mol. The highest BCUT2D eigenvalue weighted by Gasteiger charge is 2.12. The van der Waals surface area contributed by atoms with Crippen molar-refractivity contribution in [3.63, 3.8) is 0 Å². The molecule has 3 N–H and O–H groups in total. The van der Waals surface area contributed by atoms with Crippen LogP contribution in [-0.2, 0) is 0 Å². The Morgan fingerprint density at radius 3 is 2.94 bits per heavy atom. The molecule has 0 aliphatic rings. The molecule has 0 atom stereocenters. The minimum Gasteiger partial charge on any atom is -0.320 e. The van der Waals surface area contributed by atoms with Gasteiger partial charge < -0.3 is 11.1 Å². The van der Waals surface area contributed by atoms with Gasteiger partial charge in [-0.3, -0.25) is 4.79 Å². The van der Waals surface area contributed by atoms with E-state index in [1.165, 1.54) is 30.1 Å². The van der Waals surface area contributed by atoms with E-state index in [2.05, 4.69) is 27.1 Å². The van der Waals surface area contributed by atoms with Crippen molar-refractivity contribution in [2.75, 3.05) is 11.9 Å². The van der Waals surface area contributed by atoms with Crippen LogP contribution in [0.15, 0.2) is 30.2 Å². The van der Waals surface area contributed by atoms with Crippen LogP contribution in [0.3, 0.4) is 0 Å². The number of aromatic nitrogens is 2. The molecule has 2 aromatic heterocycles. The first-order valence-corrected chi connectivity index (χ1v) is 6.02. The van der Waals surface area contributed by atoms with Crippen LogP contribution in [0.2, 0.25) is 0 Å². The first kappa shape index (κ1) is 12.2. The maximum Gasteiger partial charge on any atom is 0.267 e.